The molecule has 0 saturated carbocycles. The van der Waals surface area contributed by atoms with Crippen LogP contribution < -0.4 is 10.6 Å². The highest BCUT2D eigenvalue weighted by molar-refractivity contribution is 6.40. The van der Waals surface area contributed by atoms with Gasteiger partial charge in [-0.1, -0.05) is 36.2 Å². The number of imide groups is 1. The molecule has 0 radical (unpaired) electrons. The van der Waals surface area contributed by atoms with Gasteiger partial charge in [-0.2, -0.15) is 0 Å². The highest BCUT2D eigenvalue weighted by Gasteiger charge is 2.17. The number of nitrogens with zero attached hydrogens (tertiary/aromatic N) is 1. The molecule has 0 spiro atoms. The van der Waals surface area contributed by atoms with Crippen LogP contribution in [-0.4, -0.2) is 49.0 Å². The fraction of sp³-hybridized carbons (Fsp3) is 0.438. The summed E-state index contributed by atoms with van der Waals surface area (Å²) in [4.78, 5) is 36.7. The highest BCUT2D eigenvalue weighted by atomic mass is 35.5. The van der Waals surface area contributed by atoms with Gasteiger partial charge in [0.05, 0.1) is 35.4 Å². The molecule has 0 aliphatic heterocycles. The first-order valence-corrected chi connectivity index (χ1v) is 8.47. The second-order valence-corrected chi connectivity index (χ2v) is 5.96. The van der Waals surface area contributed by atoms with Gasteiger partial charge < -0.3 is 10.1 Å². The Morgan fingerprint density at radius 1 is 1.12 bits per heavy atom. The summed E-state index contributed by atoms with van der Waals surface area (Å²) in [6.07, 6.45) is -0.814. The standard InChI is InChI=1S/C16H21Cl2N3O4/c1-4-21(9-13(23)20-16(24)25-5-2)8-12(22)19-15-11(17)7-6-10(3)14(15)18/h6-7H,4-5,8-9H2,1-3H3,(H,19,22)(H,20,23,24). The van der Waals surface area contributed by atoms with Crippen LogP contribution in [0.5, 0.6) is 0 Å². The van der Waals surface area contributed by atoms with Gasteiger partial charge in [0.2, 0.25) is 11.8 Å². The lowest BCUT2D eigenvalue weighted by atomic mass is 10.2. The molecule has 138 valence electrons. The molecule has 0 unspecified atom stereocenters. The van der Waals surface area contributed by atoms with Crippen LogP contribution in [0.3, 0.4) is 0 Å². The summed E-state index contributed by atoms with van der Waals surface area (Å²) < 4.78 is 4.63. The van der Waals surface area contributed by atoms with Gasteiger partial charge in [0.25, 0.3) is 0 Å². The van der Waals surface area contributed by atoms with E-state index in [0.717, 1.165) is 5.56 Å². The summed E-state index contributed by atoms with van der Waals surface area (Å²) in [5.74, 6) is -0.931. The maximum absolute atomic E-state index is 12.2. The largest absolute Gasteiger partial charge is 0.450 e. The zero-order valence-corrected chi connectivity index (χ0v) is 15.8. The fourth-order valence-electron chi connectivity index (χ4n) is 1.96. The number of aryl methyl sites for hydroxylation is 1. The lowest BCUT2D eigenvalue weighted by molar-refractivity contribution is -0.122. The minimum absolute atomic E-state index is 0.0622. The average Bonchev–Trinajstić information content (AvgIpc) is 2.54. The molecule has 7 nitrogen and oxygen atoms in total. The number of carbonyl (C=O) groups excluding carboxylic acids is 3. The molecule has 3 amide bonds. The number of amides is 3. The maximum atomic E-state index is 12.2. The Morgan fingerprint density at radius 2 is 1.76 bits per heavy atom. The molecule has 0 fully saturated rings. The second-order valence-electron chi connectivity index (χ2n) is 5.17. The molecule has 1 rings (SSSR count). The molecule has 25 heavy (non-hydrogen) atoms. The Bertz CT molecular complexity index is 653. The van der Waals surface area contributed by atoms with Gasteiger partial charge in [-0.15, -0.1) is 0 Å². The van der Waals surface area contributed by atoms with E-state index in [1.165, 1.54) is 0 Å². The fourth-order valence-corrected chi connectivity index (χ4v) is 2.42. The number of anilines is 1. The zero-order valence-electron chi connectivity index (χ0n) is 14.3. The number of likely N-dealkylation sites (N-methyl/N-ethyl adjacent to an activating group) is 1. The van der Waals surface area contributed by atoms with Gasteiger partial charge in [-0.3, -0.25) is 19.8 Å². The van der Waals surface area contributed by atoms with E-state index in [1.54, 1.807) is 37.8 Å². The monoisotopic (exact) mass is 389 g/mol. The van der Waals surface area contributed by atoms with Crippen LogP contribution in [0.2, 0.25) is 10.0 Å². The molecule has 1 aromatic carbocycles. The van der Waals surface area contributed by atoms with Crippen molar-refractivity contribution in [3.05, 3.63) is 27.7 Å². The average molecular weight is 390 g/mol. The van der Waals surface area contributed by atoms with Crippen molar-refractivity contribution in [2.45, 2.75) is 20.8 Å². The minimum Gasteiger partial charge on any atom is -0.450 e. The van der Waals surface area contributed by atoms with E-state index >= 15 is 0 Å². The molecule has 0 aliphatic rings. The van der Waals surface area contributed by atoms with Crippen molar-refractivity contribution in [3.63, 3.8) is 0 Å². The van der Waals surface area contributed by atoms with Crippen molar-refractivity contribution < 1.29 is 19.1 Å². The zero-order chi connectivity index (χ0) is 19.0. The van der Waals surface area contributed by atoms with Crippen LogP contribution in [0.1, 0.15) is 19.4 Å². The summed E-state index contributed by atoms with van der Waals surface area (Å²) in [6.45, 7) is 5.62. The molecule has 2 N–H and O–H groups in total. The summed E-state index contributed by atoms with van der Waals surface area (Å²) in [6, 6.07) is 3.39. The maximum Gasteiger partial charge on any atom is 0.413 e. The number of benzene rings is 1. The van der Waals surface area contributed by atoms with Gasteiger partial charge >= 0.3 is 6.09 Å². The van der Waals surface area contributed by atoms with Crippen molar-refractivity contribution in [2.75, 3.05) is 31.6 Å². The number of nitrogens with one attached hydrogen (secondary N) is 2. The molecule has 0 aromatic heterocycles. The van der Waals surface area contributed by atoms with E-state index < -0.39 is 12.0 Å². The van der Waals surface area contributed by atoms with E-state index in [2.05, 4.69) is 15.4 Å². The third-order valence-electron chi connectivity index (χ3n) is 3.25. The van der Waals surface area contributed by atoms with Gasteiger partial charge in [0, 0.05) is 0 Å². The van der Waals surface area contributed by atoms with Crippen molar-refractivity contribution in [2.24, 2.45) is 0 Å². The van der Waals surface area contributed by atoms with E-state index in [1.807, 2.05) is 0 Å². The molecule has 0 saturated heterocycles. The third-order valence-corrected chi connectivity index (χ3v) is 4.05. The first-order chi connectivity index (χ1) is 11.8. The van der Waals surface area contributed by atoms with Crippen LogP contribution in [0.15, 0.2) is 12.1 Å². The molecule has 9 heteroatoms. The molecule has 0 heterocycles. The van der Waals surface area contributed by atoms with Gasteiger partial charge in [-0.25, -0.2) is 4.79 Å². The number of halogens is 2. The molecule has 0 bridgehead atoms. The number of carbonyl (C=O) groups is 3. The number of hydrogen-bond acceptors (Lipinski definition) is 5. The van der Waals surface area contributed by atoms with Crippen molar-refractivity contribution in [1.82, 2.24) is 10.2 Å². The number of alkyl carbamates (subject to hydrolysis) is 1. The highest BCUT2D eigenvalue weighted by Crippen LogP contribution is 2.32. The van der Waals surface area contributed by atoms with E-state index in [0.29, 0.717) is 22.3 Å². The normalized spacial score (nSPS) is 10.5. The summed E-state index contributed by atoms with van der Waals surface area (Å²) in [7, 11) is 0. The Hall–Kier alpha value is -1.83. The van der Waals surface area contributed by atoms with Crippen molar-refractivity contribution >= 4 is 46.8 Å². The smallest absolute Gasteiger partial charge is 0.413 e. The SMILES string of the molecule is CCOC(=O)NC(=O)CN(CC)CC(=O)Nc1c(Cl)ccc(C)c1Cl. The molecule has 0 atom stereocenters. The Morgan fingerprint density at radius 3 is 2.36 bits per heavy atom. The second kappa shape index (κ2) is 10.2. The first kappa shape index (κ1) is 21.2. The van der Waals surface area contributed by atoms with E-state index in [4.69, 9.17) is 23.2 Å². The minimum atomic E-state index is -0.814. The summed E-state index contributed by atoms with van der Waals surface area (Å²) >= 11 is 12.2. The topological polar surface area (TPSA) is 87.7 Å². The molecule has 1 aromatic rings. The molecular formula is C16H21Cl2N3O4. The number of ether oxygens (including phenoxy) is 1. The van der Waals surface area contributed by atoms with Crippen LogP contribution in [-0.2, 0) is 14.3 Å². The van der Waals surface area contributed by atoms with E-state index in [-0.39, 0.29) is 25.6 Å². The quantitative estimate of drug-likeness (QED) is 0.748. The van der Waals surface area contributed by atoms with Crippen LogP contribution in [0.4, 0.5) is 10.5 Å². The Balaban J connectivity index is 2.63. The number of rotatable bonds is 7. The van der Waals surface area contributed by atoms with Gasteiger partial charge in [0.15, 0.2) is 0 Å². The Labute approximate surface area is 156 Å². The predicted molar refractivity (Wildman–Crippen MR) is 97.1 cm³/mol. The summed E-state index contributed by atoms with van der Waals surface area (Å²) in [5.41, 5.74) is 1.11. The van der Waals surface area contributed by atoms with Crippen molar-refractivity contribution in [1.29, 1.82) is 0 Å². The predicted octanol–water partition coefficient (Wildman–Crippen LogP) is 2.83. The van der Waals surface area contributed by atoms with Crippen LogP contribution in [0.25, 0.3) is 0 Å². The lowest BCUT2D eigenvalue weighted by Gasteiger charge is -2.19. The Kier molecular flexibility index (Phi) is 8.68. The lowest BCUT2D eigenvalue weighted by Crippen LogP contribution is -2.43. The van der Waals surface area contributed by atoms with Crippen molar-refractivity contribution in [3.8, 4) is 0 Å². The first-order valence-electron chi connectivity index (χ1n) is 7.71. The molecule has 0 aliphatic carbocycles. The third kappa shape index (κ3) is 6.89. The van der Waals surface area contributed by atoms with Gasteiger partial charge in [-0.05, 0) is 32.0 Å². The molecular weight excluding hydrogens is 369 g/mol. The van der Waals surface area contributed by atoms with E-state index in [9.17, 15) is 14.4 Å². The van der Waals surface area contributed by atoms with Gasteiger partial charge in [0.1, 0.15) is 0 Å². The number of hydrogen-bond donors (Lipinski definition) is 2. The van der Waals surface area contributed by atoms with Crippen LogP contribution >= 0.6 is 23.2 Å². The summed E-state index contributed by atoms with van der Waals surface area (Å²) in [5, 5.41) is 5.42. The van der Waals surface area contributed by atoms with Crippen LogP contribution in [0, 0.1) is 6.92 Å².